The van der Waals surface area contributed by atoms with E-state index in [9.17, 15) is 4.79 Å². The summed E-state index contributed by atoms with van der Waals surface area (Å²) in [6.07, 6.45) is 5.45. The summed E-state index contributed by atoms with van der Waals surface area (Å²) in [7, 11) is 0. The van der Waals surface area contributed by atoms with Gasteiger partial charge in [-0.15, -0.1) is 29.5 Å². The van der Waals surface area contributed by atoms with Crippen molar-refractivity contribution in [2.24, 2.45) is 0 Å². The lowest BCUT2D eigenvalue weighted by Crippen LogP contribution is -2.22. The van der Waals surface area contributed by atoms with E-state index >= 15 is 0 Å². The third-order valence-corrected chi connectivity index (χ3v) is 4.98. The summed E-state index contributed by atoms with van der Waals surface area (Å²) in [5, 5.41) is 7.39. The molecule has 0 radical (unpaired) electrons. The van der Waals surface area contributed by atoms with E-state index in [2.05, 4.69) is 34.2 Å². The number of carbonyl (C=O) groups is 1. The molecule has 2 heterocycles. The first-order valence-electron chi connectivity index (χ1n) is 6.02. The van der Waals surface area contributed by atoms with Gasteiger partial charge >= 0.3 is 0 Å². The summed E-state index contributed by atoms with van der Waals surface area (Å²) in [6.45, 7) is 4.91. The second kappa shape index (κ2) is 6.18. The maximum Gasteiger partial charge on any atom is 0.216 e. The van der Waals surface area contributed by atoms with E-state index in [4.69, 9.17) is 6.42 Å². The number of nitrogens with zero attached hydrogens (tertiary/aromatic N) is 1. The van der Waals surface area contributed by atoms with E-state index in [1.54, 1.807) is 23.1 Å². The molecule has 0 fully saturated rings. The molecule has 0 atom stereocenters. The van der Waals surface area contributed by atoms with Crippen LogP contribution < -0.4 is 5.32 Å². The number of hydrogen-bond acceptors (Lipinski definition) is 3. The zero-order valence-corrected chi connectivity index (χ0v) is 12.7. The zero-order chi connectivity index (χ0) is 13.8. The largest absolute Gasteiger partial charge is 0.356 e. The van der Waals surface area contributed by atoms with Crippen LogP contribution in [0.4, 0.5) is 0 Å². The molecule has 0 unspecified atom stereocenters. The van der Waals surface area contributed by atoms with E-state index in [1.807, 2.05) is 0 Å². The van der Waals surface area contributed by atoms with Gasteiger partial charge in [0.1, 0.15) is 0 Å². The number of aryl methyl sites for hydroxylation is 1. The monoisotopic (exact) mass is 292 g/mol. The molecule has 0 saturated heterocycles. The van der Waals surface area contributed by atoms with Crippen LogP contribution in [0, 0.1) is 19.3 Å². The van der Waals surface area contributed by atoms with Gasteiger partial charge in [-0.2, -0.15) is 0 Å². The molecule has 19 heavy (non-hydrogen) atoms. The number of nitrogens with one attached hydrogen (secondary N) is 1. The molecule has 0 saturated carbocycles. The fourth-order valence-electron chi connectivity index (χ4n) is 1.99. The van der Waals surface area contributed by atoms with Crippen LogP contribution in [0.15, 0.2) is 16.5 Å². The Labute approximate surface area is 121 Å². The van der Waals surface area contributed by atoms with Crippen molar-refractivity contribution in [2.75, 3.05) is 12.3 Å². The third kappa shape index (κ3) is 2.96. The van der Waals surface area contributed by atoms with Gasteiger partial charge in [0.05, 0.1) is 16.3 Å². The quantitative estimate of drug-likeness (QED) is 0.522. The standard InChI is InChI=1S/C14H16N2OS2/c1-4-7-16-10(2)13-12(5-8-18-13)14(16)19-9-6-15-11(3)17/h1,5,8H,6-7,9H2,2-3H3,(H,15,17). The minimum atomic E-state index is 0.0106. The summed E-state index contributed by atoms with van der Waals surface area (Å²) < 4.78 is 3.48. The van der Waals surface area contributed by atoms with Crippen LogP contribution in [0.25, 0.3) is 10.1 Å². The Morgan fingerprint density at radius 1 is 1.63 bits per heavy atom. The van der Waals surface area contributed by atoms with Crippen LogP contribution in [0.5, 0.6) is 0 Å². The summed E-state index contributed by atoms with van der Waals surface area (Å²) in [6, 6.07) is 2.14. The number of carbonyl (C=O) groups excluding carboxylic acids is 1. The van der Waals surface area contributed by atoms with E-state index in [1.165, 1.54) is 27.7 Å². The van der Waals surface area contributed by atoms with Crippen molar-refractivity contribution < 1.29 is 4.79 Å². The number of thiophene rings is 1. The van der Waals surface area contributed by atoms with Crippen molar-refractivity contribution in [1.82, 2.24) is 9.88 Å². The van der Waals surface area contributed by atoms with E-state index in [0.717, 1.165) is 5.75 Å². The van der Waals surface area contributed by atoms with Crippen LogP contribution in [0.2, 0.25) is 0 Å². The minimum Gasteiger partial charge on any atom is -0.356 e. The van der Waals surface area contributed by atoms with Crippen LogP contribution in [-0.4, -0.2) is 22.8 Å². The highest BCUT2D eigenvalue weighted by atomic mass is 32.2. The molecule has 1 N–H and O–H groups in total. The summed E-state index contributed by atoms with van der Waals surface area (Å²) in [5.74, 6) is 3.57. The van der Waals surface area contributed by atoms with E-state index < -0.39 is 0 Å². The van der Waals surface area contributed by atoms with Gasteiger partial charge in [0.25, 0.3) is 0 Å². The van der Waals surface area contributed by atoms with Gasteiger partial charge in [0, 0.05) is 30.3 Å². The lowest BCUT2D eigenvalue weighted by molar-refractivity contribution is -0.118. The molecular weight excluding hydrogens is 276 g/mol. The summed E-state index contributed by atoms with van der Waals surface area (Å²) >= 11 is 3.49. The van der Waals surface area contributed by atoms with Gasteiger partial charge in [0.15, 0.2) is 0 Å². The Kier molecular flexibility index (Phi) is 4.56. The first-order chi connectivity index (χ1) is 9.15. The Balaban J connectivity index is 2.20. The molecule has 2 aromatic heterocycles. The van der Waals surface area contributed by atoms with Crippen LogP contribution >= 0.6 is 23.1 Å². The van der Waals surface area contributed by atoms with Gasteiger partial charge in [-0.3, -0.25) is 4.79 Å². The number of rotatable bonds is 5. The third-order valence-electron chi connectivity index (χ3n) is 2.84. The zero-order valence-electron chi connectivity index (χ0n) is 11.0. The Bertz CT molecular complexity index is 634. The SMILES string of the molecule is C#CCn1c(SCCNC(C)=O)c2ccsc2c1C. The first-order valence-corrected chi connectivity index (χ1v) is 7.88. The normalized spacial score (nSPS) is 10.6. The van der Waals surface area contributed by atoms with Gasteiger partial charge in [-0.05, 0) is 18.4 Å². The number of fused-ring (bicyclic) bond motifs is 1. The van der Waals surface area contributed by atoms with Crippen molar-refractivity contribution in [3.05, 3.63) is 17.1 Å². The number of thioether (sulfide) groups is 1. The highest BCUT2D eigenvalue weighted by Crippen LogP contribution is 2.36. The predicted octanol–water partition coefficient (Wildman–Crippen LogP) is 2.87. The number of amides is 1. The molecule has 100 valence electrons. The molecule has 0 bridgehead atoms. The predicted molar refractivity (Wildman–Crippen MR) is 82.8 cm³/mol. The van der Waals surface area contributed by atoms with Crippen molar-refractivity contribution in [3.8, 4) is 12.3 Å². The van der Waals surface area contributed by atoms with Gasteiger partial charge < -0.3 is 9.88 Å². The van der Waals surface area contributed by atoms with E-state index in [-0.39, 0.29) is 5.91 Å². The fraction of sp³-hybridized carbons (Fsp3) is 0.357. The maximum absolute atomic E-state index is 10.8. The van der Waals surface area contributed by atoms with E-state index in [0.29, 0.717) is 13.1 Å². The molecule has 1 amide bonds. The molecule has 0 aliphatic rings. The second-order valence-electron chi connectivity index (χ2n) is 4.18. The smallest absolute Gasteiger partial charge is 0.216 e. The molecule has 0 aliphatic heterocycles. The molecule has 2 aromatic rings. The van der Waals surface area contributed by atoms with Gasteiger partial charge in [-0.1, -0.05) is 5.92 Å². The topological polar surface area (TPSA) is 34.0 Å². The Hall–Kier alpha value is -1.38. The van der Waals surface area contributed by atoms with Gasteiger partial charge in [0.2, 0.25) is 5.91 Å². The number of hydrogen-bond donors (Lipinski definition) is 1. The van der Waals surface area contributed by atoms with Crippen LogP contribution in [-0.2, 0) is 11.3 Å². The fourth-order valence-corrected chi connectivity index (χ4v) is 4.05. The van der Waals surface area contributed by atoms with Gasteiger partial charge in [-0.25, -0.2) is 0 Å². The highest BCUT2D eigenvalue weighted by Gasteiger charge is 2.14. The summed E-state index contributed by atoms with van der Waals surface area (Å²) in [4.78, 5) is 10.8. The van der Waals surface area contributed by atoms with Crippen molar-refractivity contribution >= 4 is 39.1 Å². The molecule has 2 rings (SSSR count). The Morgan fingerprint density at radius 3 is 3.11 bits per heavy atom. The maximum atomic E-state index is 10.8. The minimum absolute atomic E-state index is 0.0106. The average molecular weight is 292 g/mol. The molecule has 0 spiro atoms. The lowest BCUT2D eigenvalue weighted by atomic mass is 10.4. The number of terminal acetylenes is 1. The Morgan fingerprint density at radius 2 is 2.42 bits per heavy atom. The molecule has 0 aromatic carbocycles. The highest BCUT2D eigenvalue weighted by molar-refractivity contribution is 7.99. The number of aromatic nitrogens is 1. The molecule has 5 heteroatoms. The van der Waals surface area contributed by atoms with Crippen LogP contribution in [0.1, 0.15) is 12.6 Å². The molecule has 0 aliphatic carbocycles. The van der Waals surface area contributed by atoms with Crippen molar-refractivity contribution in [3.63, 3.8) is 0 Å². The lowest BCUT2D eigenvalue weighted by Gasteiger charge is -2.08. The first kappa shape index (κ1) is 14.0. The average Bonchev–Trinajstić information content (AvgIpc) is 2.92. The summed E-state index contributed by atoms with van der Waals surface area (Å²) in [5.41, 5.74) is 1.23. The second-order valence-corrected chi connectivity index (χ2v) is 6.18. The van der Waals surface area contributed by atoms with Crippen LogP contribution in [0.3, 0.4) is 0 Å². The molecular formula is C14H16N2OS2. The van der Waals surface area contributed by atoms with Crippen molar-refractivity contribution in [1.29, 1.82) is 0 Å². The van der Waals surface area contributed by atoms with Crippen molar-refractivity contribution in [2.45, 2.75) is 25.4 Å². The molecule has 3 nitrogen and oxygen atoms in total.